The highest BCUT2D eigenvalue weighted by molar-refractivity contribution is 5.94. The third-order valence-corrected chi connectivity index (χ3v) is 4.13. The number of halogens is 6. The Morgan fingerprint density at radius 1 is 0.909 bits per heavy atom. The molecule has 0 aliphatic rings. The van der Waals surface area contributed by atoms with Crippen LogP contribution in [-0.4, -0.2) is 33.3 Å². The van der Waals surface area contributed by atoms with E-state index in [0.29, 0.717) is 17.7 Å². The van der Waals surface area contributed by atoms with Gasteiger partial charge in [-0.1, -0.05) is 18.2 Å². The largest absolute Gasteiger partial charge is 0.479 e. The van der Waals surface area contributed by atoms with Crippen LogP contribution in [0.2, 0.25) is 0 Å². The first-order valence-electron chi connectivity index (χ1n) is 8.96. The number of methoxy groups -OCH3 is 2. The summed E-state index contributed by atoms with van der Waals surface area (Å²) in [5, 5.41) is 4.34. The normalized spacial score (nSPS) is 12.3. The van der Waals surface area contributed by atoms with Gasteiger partial charge in [0.2, 0.25) is 0 Å². The van der Waals surface area contributed by atoms with Crippen LogP contribution in [-0.2, 0) is 38.1 Å². The van der Waals surface area contributed by atoms with Crippen LogP contribution in [0, 0.1) is 0 Å². The third-order valence-electron chi connectivity index (χ3n) is 4.13. The maximum atomic E-state index is 13.1. The zero-order valence-corrected chi connectivity index (χ0v) is 17.5. The molecular weight excluding hydrogens is 462 g/mol. The van der Waals surface area contributed by atoms with Gasteiger partial charge < -0.3 is 14.3 Å². The quantitative estimate of drug-likeness (QED) is 0.240. The van der Waals surface area contributed by atoms with Crippen LogP contribution in [0.15, 0.2) is 47.6 Å². The van der Waals surface area contributed by atoms with Crippen molar-refractivity contribution in [2.24, 2.45) is 5.16 Å². The van der Waals surface area contributed by atoms with Crippen LogP contribution in [0.25, 0.3) is 0 Å². The fourth-order valence-electron chi connectivity index (χ4n) is 2.63. The summed E-state index contributed by atoms with van der Waals surface area (Å²) in [6.07, 6.45) is -10.9. The summed E-state index contributed by atoms with van der Waals surface area (Å²) in [4.78, 5) is 21.9. The summed E-state index contributed by atoms with van der Waals surface area (Å²) < 4.78 is 88.0. The first kappa shape index (κ1) is 25.8. The predicted molar refractivity (Wildman–Crippen MR) is 103 cm³/mol. The maximum absolute atomic E-state index is 13.1. The molecule has 0 saturated heterocycles. The van der Waals surface area contributed by atoms with E-state index in [4.69, 9.17) is 14.4 Å². The average molecular weight is 480 g/mol. The topological polar surface area (TPSA) is 69.6 Å². The van der Waals surface area contributed by atoms with Gasteiger partial charge in [0, 0.05) is 11.1 Å². The van der Waals surface area contributed by atoms with E-state index in [2.05, 4.69) is 9.89 Å². The summed E-state index contributed by atoms with van der Waals surface area (Å²) in [5.41, 5.74) is -3.11. The Hall–Kier alpha value is -3.48. The zero-order chi connectivity index (χ0) is 24.8. The van der Waals surface area contributed by atoms with Crippen molar-refractivity contribution in [2.75, 3.05) is 26.4 Å². The Morgan fingerprint density at radius 3 is 1.97 bits per heavy atom. The summed E-state index contributed by atoms with van der Waals surface area (Å²) in [6, 6.07) is 7.09. The minimum atomic E-state index is -5.04. The summed E-state index contributed by atoms with van der Waals surface area (Å²) in [6.45, 7) is -0.342. The number of carbonyl (C=O) groups is 1. The molecule has 2 rings (SSSR count). The molecule has 2 aromatic carbocycles. The van der Waals surface area contributed by atoms with Gasteiger partial charge in [0.15, 0.2) is 0 Å². The molecule has 0 spiro atoms. The van der Waals surface area contributed by atoms with Gasteiger partial charge >= 0.3 is 18.4 Å². The Morgan fingerprint density at radius 2 is 1.48 bits per heavy atom. The Kier molecular flexibility index (Phi) is 8.14. The Bertz CT molecular complexity index is 975. The van der Waals surface area contributed by atoms with Gasteiger partial charge in [-0.05, 0) is 29.4 Å². The van der Waals surface area contributed by atoms with Crippen LogP contribution < -0.4 is 5.06 Å². The maximum Gasteiger partial charge on any atom is 0.438 e. The van der Waals surface area contributed by atoms with Gasteiger partial charge in [-0.2, -0.15) is 31.4 Å². The number of oxime groups is 1. The molecule has 0 N–H and O–H groups in total. The summed E-state index contributed by atoms with van der Waals surface area (Å²) in [5.74, 6) is -0.624. The van der Waals surface area contributed by atoms with Crippen LogP contribution >= 0.6 is 0 Å². The SMILES string of the molecule is COC(=O)N(OC)c1ccccc1CO/N=C(\OC)c1cc(C(F)(F)F)cc(C(F)(F)F)c1. The van der Waals surface area contributed by atoms with Crippen molar-refractivity contribution in [3.63, 3.8) is 0 Å². The van der Waals surface area contributed by atoms with Crippen molar-refractivity contribution in [3.8, 4) is 0 Å². The first-order chi connectivity index (χ1) is 15.4. The number of benzene rings is 2. The standard InChI is InChI=1S/C20H18F6N2O5/c1-30-17(13-8-14(19(21,22)23)10-15(9-13)20(24,25)26)27-33-11-12-6-4-5-7-16(12)28(32-3)18(29)31-2/h4-10H,11H2,1-3H3/b27-17-. The number of hydrogen-bond acceptors (Lipinski definition) is 6. The third kappa shape index (κ3) is 6.51. The molecule has 0 radical (unpaired) electrons. The summed E-state index contributed by atoms with van der Waals surface area (Å²) in [7, 11) is 3.35. The van der Waals surface area contributed by atoms with E-state index in [-0.39, 0.29) is 18.4 Å². The van der Waals surface area contributed by atoms with Crippen molar-refractivity contribution >= 4 is 17.7 Å². The molecule has 0 atom stereocenters. The lowest BCUT2D eigenvalue weighted by Gasteiger charge is -2.20. The lowest BCUT2D eigenvalue weighted by Crippen LogP contribution is -2.30. The molecule has 0 unspecified atom stereocenters. The van der Waals surface area contributed by atoms with Crippen LogP contribution in [0.4, 0.5) is 36.8 Å². The monoisotopic (exact) mass is 480 g/mol. The number of anilines is 1. The van der Waals surface area contributed by atoms with E-state index in [1.54, 1.807) is 12.1 Å². The van der Waals surface area contributed by atoms with Crippen molar-refractivity contribution in [2.45, 2.75) is 19.0 Å². The zero-order valence-electron chi connectivity index (χ0n) is 17.5. The van der Waals surface area contributed by atoms with Gasteiger partial charge in [-0.3, -0.25) is 4.84 Å². The predicted octanol–water partition coefficient (Wildman–Crippen LogP) is 5.38. The highest BCUT2D eigenvalue weighted by Gasteiger charge is 2.37. The number of nitrogens with zero attached hydrogens (tertiary/aromatic N) is 2. The minimum absolute atomic E-state index is 0.0139. The van der Waals surface area contributed by atoms with Crippen molar-refractivity contribution in [1.29, 1.82) is 0 Å². The number of carbonyl (C=O) groups excluding carboxylic acids is 1. The highest BCUT2D eigenvalue weighted by Crippen LogP contribution is 2.36. The van der Waals surface area contributed by atoms with E-state index < -0.39 is 41.0 Å². The van der Waals surface area contributed by atoms with Crippen molar-refractivity contribution < 1.29 is 50.3 Å². The second-order valence-corrected chi connectivity index (χ2v) is 6.24. The molecule has 33 heavy (non-hydrogen) atoms. The molecule has 0 heterocycles. The molecular formula is C20H18F6N2O5. The van der Waals surface area contributed by atoms with E-state index >= 15 is 0 Å². The van der Waals surface area contributed by atoms with Gasteiger partial charge in [0.05, 0.1) is 38.1 Å². The van der Waals surface area contributed by atoms with Gasteiger partial charge in [0.25, 0.3) is 5.90 Å². The molecule has 0 aliphatic carbocycles. The molecule has 0 fully saturated rings. The number of para-hydroxylation sites is 1. The van der Waals surface area contributed by atoms with Crippen molar-refractivity contribution in [1.82, 2.24) is 0 Å². The Labute approximate surface area is 184 Å². The number of hydrogen-bond donors (Lipinski definition) is 0. The second kappa shape index (κ2) is 10.4. The molecule has 0 saturated carbocycles. The molecule has 0 aliphatic heterocycles. The van der Waals surface area contributed by atoms with Crippen LogP contribution in [0.1, 0.15) is 22.3 Å². The van der Waals surface area contributed by atoms with Crippen LogP contribution in [0.3, 0.4) is 0 Å². The molecule has 13 heteroatoms. The van der Waals surface area contributed by atoms with Crippen molar-refractivity contribution in [3.05, 3.63) is 64.7 Å². The van der Waals surface area contributed by atoms with Gasteiger partial charge in [-0.25, -0.2) is 4.79 Å². The smallest absolute Gasteiger partial charge is 0.438 e. The molecule has 180 valence electrons. The second-order valence-electron chi connectivity index (χ2n) is 6.24. The van der Waals surface area contributed by atoms with E-state index in [1.165, 1.54) is 19.2 Å². The van der Waals surface area contributed by atoms with Gasteiger partial charge in [0.1, 0.15) is 6.61 Å². The average Bonchev–Trinajstić information content (AvgIpc) is 2.76. The number of hydroxylamine groups is 1. The van der Waals surface area contributed by atoms with E-state index in [9.17, 15) is 31.1 Å². The molecule has 1 amide bonds. The first-order valence-corrected chi connectivity index (χ1v) is 8.96. The molecule has 2 aromatic rings. The lowest BCUT2D eigenvalue weighted by atomic mass is 10.0. The number of amides is 1. The van der Waals surface area contributed by atoms with Gasteiger partial charge in [-0.15, -0.1) is 0 Å². The molecule has 7 nitrogen and oxygen atoms in total. The fourth-order valence-corrected chi connectivity index (χ4v) is 2.63. The van der Waals surface area contributed by atoms with Crippen LogP contribution in [0.5, 0.6) is 0 Å². The Balaban J connectivity index is 2.37. The minimum Gasteiger partial charge on any atom is -0.479 e. The molecule has 0 aromatic heterocycles. The number of alkyl halides is 6. The molecule has 0 bridgehead atoms. The van der Waals surface area contributed by atoms with E-state index in [1.807, 2.05) is 0 Å². The fraction of sp³-hybridized carbons (Fsp3) is 0.300. The number of rotatable bonds is 6. The summed E-state index contributed by atoms with van der Waals surface area (Å²) >= 11 is 0. The number of ether oxygens (including phenoxy) is 2. The highest BCUT2D eigenvalue weighted by atomic mass is 19.4. The lowest BCUT2D eigenvalue weighted by molar-refractivity contribution is -0.143. The van der Waals surface area contributed by atoms with E-state index in [0.717, 1.165) is 19.3 Å².